The highest BCUT2D eigenvalue weighted by Crippen LogP contribution is 2.22. The first kappa shape index (κ1) is 13.8. The van der Waals surface area contributed by atoms with Gasteiger partial charge in [0.15, 0.2) is 0 Å². The Morgan fingerprint density at radius 3 is 2.69 bits per heavy atom. The largest absolute Gasteiger partial charge is 0.392 e. The van der Waals surface area contributed by atoms with Crippen LogP contribution in [-0.4, -0.2) is 17.8 Å². The zero-order valence-corrected chi connectivity index (χ0v) is 10.9. The average molecular weight is 262 g/mol. The van der Waals surface area contributed by atoms with Gasteiger partial charge >= 0.3 is 0 Å². The average Bonchev–Trinajstić information content (AvgIpc) is 2.24. The van der Waals surface area contributed by atoms with E-state index in [2.05, 4.69) is 12.2 Å². The van der Waals surface area contributed by atoms with Gasteiger partial charge in [0.05, 0.1) is 16.1 Å². The predicted molar refractivity (Wildman–Crippen MR) is 69.1 cm³/mol. The monoisotopic (exact) mass is 261 g/mol. The van der Waals surface area contributed by atoms with Crippen LogP contribution in [0.4, 0.5) is 0 Å². The Balaban J connectivity index is 2.34. The standard InChI is InChI=1S/C12H17Cl2NO/c1-2-3-10(16)8-15-7-9-4-5-11(13)12(14)6-9/h4-6,10,15-16H,2-3,7-8H2,1H3. The minimum atomic E-state index is -0.271. The zero-order chi connectivity index (χ0) is 12.0. The van der Waals surface area contributed by atoms with Crippen molar-refractivity contribution < 1.29 is 5.11 Å². The summed E-state index contributed by atoms with van der Waals surface area (Å²) >= 11 is 11.7. The van der Waals surface area contributed by atoms with Gasteiger partial charge in [-0.05, 0) is 24.1 Å². The molecule has 1 aromatic rings. The molecule has 0 heterocycles. The molecule has 0 aliphatic heterocycles. The smallest absolute Gasteiger partial charge is 0.0664 e. The molecular formula is C12H17Cl2NO. The Morgan fingerprint density at radius 1 is 1.31 bits per heavy atom. The van der Waals surface area contributed by atoms with E-state index < -0.39 is 0 Å². The number of nitrogens with one attached hydrogen (secondary N) is 1. The molecule has 0 aromatic heterocycles. The normalized spacial score (nSPS) is 12.8. The van der Waals surface area contributed by atoms with Gasteiger partial charge in [-0.1, -0.05) is 42.6 Å². The highest BCUT2D eigenvalue weighted by atomic mass is 35.5. The van der Waals surface area contributed by atoms with Crippen molar-refractivity contribution in [1.82, 2.24) is 5.32 Å². The minimum Gasteiger partial charge on any atom is -0.392 e. The van der Waals surface area contributed by atoms with Crippen molar-refractivity contribution in [1.29, 1.82) is 0 Å². The van der Waals surface area contributed by atoms with E-state index >= 15 is 0 Å². The third-order valence-corrected chi connectivity index (χ3v) is 3.05. The van der Waals surface area contributed by atoms with Crippen molar-refractivity contribution >= 4 is 23.2 Å². The number of rotatable bonds is 6. The highest BCUT2D eigenvalue weighted by Gasteiger charge is 2.03. The summed E-state index contributed by atoms with van der Waals surface area (Å²) in [5.41, 5.74) is 1.07. The van der Waals surface area contributed by atoms with Gasteiger partial charge in [-0.3, -0.25) is 0 Å². The fraction of sp³-hybridized carbons (Fsp3) is 0.500. The van der Waals surface area contributed by atoms with Crippen LogP contribution in [0.15, 0.2) is 18.2 Å². The van der Waals surface area contributed by atoms with Gasteiger partial charge in [0, 0.05) is 13.1 Å². The first-order chi connectivity index (χ1) is 7.63. The Morgan fingerprint density at radius 2 is 2.06 bits per heavy atom. The van der Waals surface area contributed by atoms with Crippen LogP contribution in [0.5, 0.6) is 0 Å². The molecule has 4 heteroatoms. The van der Waals surface area contributed by atoms with Crippen molar-refractivity contribution in [2.45, 2.75) is 32.4 Å². The fourth-order valence-electron chi connectivity index (χ4n) is 1.47. The van der Waals surface area contributed by atoms with Gasteiger partial charge in [0.1, 0.15) is 0 Å². The van der Waals surface area contributed by atoms with Gasteiger partial charge in [-0.25, -0.2) is 0 Å². The molecule has 2 nitrogen and oxygen atoms in total. The third kappa shape index (κ3) is 4.71. The Hall–Kier alpha value is -0.280. The second-order valence-corrected chi connectivity index (χ2v) is 4.64. The number of benzene rings is 1. The molecule has 1 rings (SSSR count). The Kier molecular flexibility index (Phi) is 6.14. The van der Waals surface area contributed by atoms with Crippen LogP contribution in [0.3, 0.4) is 0 Å². The molecule has 16 heavy (non-hydrogen) atoms. The maximum absolute atomic E-state index is 9.52. The topological polar surface area (TPSA) is 32.3 Å². The number of halogens is 2. The molecule has 0 bridgehead atoms. The summed E-state index contributed by atoms with van der Waals surface area (Å²) in [6.45, 7) is 3.36. The quantitative estimate of drug-likeness (QED) is 0.824. The van der Waals surface area contributed by atoms with Crippen molar-refractivity contribution in [2.75, 3.05) is 6.54 Å². The Labute approximate surface area is 107 Å². The third-order valence-electron chi connectivity index (χ3n) is 2.31. The van der Waals surface area contributed by atoms with Crippen LogP contribution in [0.2, 0.25) is 10.0 Å². The van der Waals surface area contributed by atoms with Gasteiger partial charge in [0.2, 0.25) is 0 Å². The van der Waals surface area contributed by atoms with E-state index in [0.717, 1.165) is 18.4 Å². The maximum Gasteiger partial charge on any atom is 0.0664 e. The molecule has 0 saturated carbocycles. The van der Waals surface area contributed by atoms with Crippen molar-refractivity contribution in [2.24, 2.45) is 0 Å². The molecule has 0 spiro atoms. The second-order valence-electron chi connectivity index (χ2n) is 3.82. The fourth-order valence-corrected chi connectivity index (χ4v) is 1.79. The van der Waals surface area contributed by atoms with Crippen molar-refractivity contribution in [3.05, 3.63) is 33.8 Å². The van der Waals surface area contributed by atoms with E-state index in [-0.39, 0.29) is 6.10 Å². The molecule has 0 saturated heterocycles. The SMILES string of the molecule is CCCC(O)CNCc1ccc(Cl)c(Cl)c1. The summed E-state index contributed by atoms with van der Waals surface area (Å²) in [5, 5.41) is 13.8. The summed E-state index contributed by atoms with van der Waals surface area (Å²) in [6, 6.07) is 5.54. The van der Waals surface area contributed by atoms with E-state index in [4.69, 9.17) is 23.2 Å². The lowest BCUT2D eigenvalue weighted by Crippen LogP contribution is -2.26. The number of hydrogen-bond acceptors (Lipinski definition) is 2. The van der Waals surface area contributed by atoms with E-state index in [9.17, 15) is 5.11 Å². The zero-order valence-electron chi connectivity index (χ0n) is 9.34. The Bertz CT molecular complexity index is 331. The number of hydrogen-bond donors (Lipinski definition) is 2. The lowest BCUT2D eigenvalue weighted by molar-refractivity contribution is 0.160. The molecule has 0 amide bonds. The molecule has 0 aliphatic carbocycles. The summed E-state index contributed by atoms with van der Waals surface area (Å²) in [4.78, 5) is 0. The number of aliphatic hydroxyl groups is 1. The predicted octanol–water partition coefficient (Wildman–Crippen LogP) is 3.24. The maximum atomic E-state index is 9.52. The summed E-state index contributed by atoms with van der Waals surface area (Å²) < 4.78 is 0. The lowest BCUT2D eigenvalue weighted by Gasteiger charge is -2.10. The molecule has 1 unspecified atom stereocenters. The van der Waals surface area contributed by atoms with Gasteiger partial charge in [0.25, 0.3) is 0 Å². The number of aliphatic hydroxyl groups excluding tert-OH is 1. The molecule has 1 aromatic carbocycles. The van der Waals surface area contributed by atoms with E-state index in [1.54, 1.807) is 6.07 Å². The van der Waals surface area contributed by atoms with Crippen LogP contribution in [-0.2, 0) is 6.54 Å². The molecule has 0 aliphatic rings. The van der Waals surface area contributed by atoms with Crippen LogP contribution >= 0.6 is 23.2 Å². The van der Waals surface area contributed by atoms with Gasteiger partial charge < -0.3 is 10.4 Å². The second kappa shape index (κ2) is 7.13. The molecule has 1 atom stereocenters. The van der Waals surface area contributed by atoms with Crippen LogP contribution in [0.1, 0.15) is 25.3 Å². The van der Waals surface area contributed by atoms with E-state index in [1.807, 2.05) is 12.1 Å². The molecular weight excluding hydrogens is 245 g/mol. The van der Waals surface area contributed by atoms with Crippen molar-refractivity contribution in [3.63, 3.8) is 0 Å². The molecule has 0 fully saturated rings. The molecule has 90 valence electrons. The lowest BCUT2D eigenvalue weighted by atomic mass is 10.2. The van der Waals surface area contributed by atoms with Crippen LogP contribution in [0, 0.1) is 0 Å². The summed E-state index contributed by atoms with van der Waals surface area (Å²) in [7, 11) is 0. The minimum absolute atomic E-state index is 0.271. The van der Waals surface area contributed by atoms with E-state index in [1.165, 1.54) is 0 Å². The highest BCUT2D eigenvalue weighted by molar-refractivity contribution is 6.42. The summed E-state index contributed by atoms with van der Waals surface area (Å²) in [6.07, 6.45) is 1.55. The van der Waals surface area contributed by atoms with Crippen LogP contribution in [0.25, 0.3) is 0 Å². The van der Waals surface area contributed by atoms with Crippen molar-refractivity contribution in [3.8, 4) is 0 Å². The first-order valence-electron chi connectivity index (χ1n) is 5.46. The van der Waals surface area contributed by atoms with E-state index in [0.29, 0.717) is 23.1 Å². The van der Waals surface area contributed by atoms with Crippen LogP contribution < -0.4 is 5.32 Å². The molecule has 2 N–H and O–H groups in total. The van der Waals surface area contributed by atoms with Gasteiger partial charge in [-0.2, -0.15) is 0 Å². The first-order valence-corrected chi connectivity index (χ1v) is 6.21. The van der Waals surface area contributed by atoms with Gasteiger partial charge in [-0.15, -0.1) is 0 Å². The summed E-state index contributed by atoms with van der Waals surface area (Å²) in [5.74, 6) is 0. The molecule has 0 radical (unpaired) electrons.